The Morgan fingerprint density at radius 2 is 2.12 bits per heavy atom. The molecule has 3 nitrogen and oxygen atoms in total. The number of rotatable bonds is 2. The molecule has 17 heavy (non-hydrogen) atoms. The van der Waals surface area contributed by atoms with Crippen molar-refractivity contribution in [1.29, 1.82) is 0 Å². The highest BCUT2D eigenvalue weighted by Crippen LogP contribution is 2.18. The number of halogens is 2. The third-order valence-electron chi connectivity index (χ3n) is 2.18. The fourth-order valence-electron chi connectivity index (χ4n) is 1.29. The summed E-state index contributed by atoms with van der Waals surface area (Å²) in [6.45, 7) is 0. The highest BCUT2D eigenvalue weighted by atomic mass is 32.1. The predicted molar refractivity (Wildman–Crippen MR) is 61.2 cm³/mol. The lowest BCUT2D eigenvalue weighted by molar-refractivity contribution is 0.0992. The maximum absolute atomic E-state index is 13.0. The summed E-state index contributed by atoms with van der Waals surface area (Å²) in [5, 5.41) is 2.23. The Bertz CT molecular complexity index is 542. The van der Waals surface area contributed by atoms with Gasteiger partial charge in [-0.1, -0.05) is 0 Å². The van der Waals surface area contributed by atoms with Crippen molar-refractivity contribution in [3.8, 4) is 0 Å². The summed E-state index contributed by atoms with van der Waals surface area (Å²) < 4.78 is 25.7. The van der Waals surface area contributed by atoms with Gasteiger partial charge in [0.15, 0.2) is 16.8 Å². The van der Waals surface area contributed by atoms with Crippen LogP contribution < -0.4 is 4.90 Å². The van der Waals surface area contributed by atoms with Crippen LogP contribution in [0.4, 0.5) is 13.9 Å². The molecule has 0 radical (unpaired) electrons. The number of benzene rings is 1. The minimum Gasteiger partial charge on any atom is -0.287 e. The van der Waals surface area contributed by atoms with Gasteiger partial charge in [-0.3, -0.25) is 9.69 Å². The van der Waals surface area contributed by atoms with E-state index < -0.39 is 17.5 Å². The summed E-state index contributed by atoms with van der Waals surface area (Å²) >= 11 is 1.29. The van der Waals surface area contributed by atoms with E-state index in [4.69, 9.17) is 0 Å². The van der Waals surface area contributed by atoms with E-state index in [0.29, 0.717) is 5.13 Å². The molecule has 0 aliphatic carbocycles. The number of nitrogens with zero attached hydrogens (tertiary/aromatic N) is 2. The summed E-state index contributed by atoms with van der Waals surface area (Å²) in [5.74, 6) is -2.44. The van der Waals surface area contributed by atoms with Crippen LogP contribution in [-0.2, 0) is 0 Å². The van der Waals surface area contributed by atoms with E-state index in [1.165, 1.54) is 29.4 Å². The third-order valence-corrected chi connectivity index (χ3v) is 3.03. The normalized spacial score (nSPS) is 10.3. The zero-order valence-electron chi connectivity index (χ0n) is 8.85. The molecule has 0 fully saturated rings. The first kappa shape index (κ1) is 11.7. The van der Waals surface area contributed by atoms with Gasteiger partial charge in [-0.05, 0) is 18.2 Å². The first-order valence-electron chi connectivity index (χ1n) is 4.72. The van der Waals surface area contributed by atoms with Gasteiger partial charge in [0, 0.05) is 24.2 Å². The molecule has 0 saturated carbocycles. The monoisotopic (exact) mass is 254 g/mol. The van der Waals surface area contributed by atoms with Gasteiger partial charge in [-0.15, -0.1) is 11.3 Å². The number of anilines is 1. The van der Waals surface area contributed by atoms with Crippen molar-refractivity contribution in [3.05, 3.63) is 47.0 Å². The molecule has 2 aromatic rings. The van der Waals surface area contributed by atoms with Crippen molar-refractivity contribution in [2.24, 2.45) is 0 Å². The minimum atomic E-state index is -1.04. The van der Waals surface area contributed by atoms with E-state index in [1.54, 1.807) is 11.6 Å². The molecule has 6 heteroatoms. The molecule has 0 aliphatic rings. The molecule has 1 heterocycles. The Labute approximate surface area is 100 Å². The van der Waals surface area contributed by atoms with Crippen LogP contribution in [0.1, 0.15) is 10.4 Å². The van der Waals surface area contributed by atoms with Crippen molar-refractivity contribution in [3.63, 3.8) is 0 Å². The van der Waals surface area contributed by atoms with Crippen LogP contribution in [0.3, 0.4) is 0 Å². The molecule has 0 N–H and O–H groups in total. The fraction of sp³-hybridized carbons (Fsp3) is 0.0909. The standard InChI is InChI=1S/C11H8F2N2OS/c1-15(11-14-4-5-17-11)10(16)7-2-3-8(12)9(13)6-7/h2-6H,1H3. The molecule has 0 atom stereocenters. The number of thiazole rings is 1. The zero-order valence-corrected chi connectivity index (χ0v) is 9.67. The van der Waals surface area contributed by atoms with Crippen LogP contribution in [-0.4, -0.2) is 17.9 Å². The molecule has 2 rings (SSSR count). The molecule has 0 bridgehead atoms. The first-order chi connectivity index (χ1) is 8.09. The summed E-state index contributed by atoms with van der Waals surface area (Å²) in [7, 11) is 1.53. The van der Waals surface area contributed by atoms with Gasteiger partial charge < -0.3 is 0 Å². The van der Waals surface area contributed by atoms with E-state index in [-0.39, 0.29) is 5.56 Å². The van der Waals surface area contributed by atoms with Gasteiger partial charge in [-0.2, -0.15) is 0 Å². The van der Waals surface area contributed by atoms with Crippen molar-refractivity contribution >= 4 is 22.4 Å². The van der Waals surface area contributed by atoms with Gasteiger partial charge >= 0.3 is 0 Å². The van der Waals surface area contributed by atoms with Gasteiger partial charge in [0.25, 0.3) is 5.91 Å². The number of carbonyl (C=O) groups is 1. The lowest BCUT2D eigenvalue weighted by Crippen LogP contribution is -2.26. The van der Waals surface area contributed by atoms with Gasteiger partial charge in [0.1, 0.15) is 0 Å². The van der Waals surface area contributed by atoms with Crippen LogP contribution in [0.25, 0.3) is 0 Å². The molecular formula is C11H8F2N2OS. The minimum absolute atomic E-state index is 0.0848. The number of aromatic nitrogens is 1. The SMILES string of the molecule is CN(C(=O)c1ccc(F)c(F)c1)c1nccs1. The molecule has 1 amide bonds. The molecule has 0 saturated heterocycles. The van der Waals surface area contributed by atoms with Crippen molar-refractivity contribution < 1.29 is 13.6 Å². The molecule has 0 spiro atoms. The highest BCUT2D eigenvalue weighted by Gasteiger charge is 2.16. The maximum Gasteiger partial charge on any atom is 0.259 e. The van der Waals surface area contributed by atoms with Crippen LogP contribution in [0.15, 0.2) is 29.8 Å². The molecule has 0 aliphatic heterocycles. The molecule has 88 valence electrons. The molecule has 0 unspecified atom stereocenters. The lowest BCUT2D eigenvalue weighted by atomic mass is 10.2. The summed E-state index contributed by atoms with van der Waals surface area (Å²) in [6.07, 6.45) is 1.56. The first-order valence-corrected chi connectivity index (χ1v) is 5.60. The van der Waals surface area contributed by atoms with E-state index >= 15 is 0 Å². The third kappa shape index (κ3) is 2.31. The molecular weight excluding hydrogens is 246 g/mol. The van der Waals surface area contributed by atoms with Gasteiger partial charge in [-0.25, -0.2) is 13.8 Å². The van der Waals surface area contributed by atoms with Gasteiger partial charge in [0.05, 0.1) is 0 Å². The second-order valence-electron chi connectivity index (χ2n) is 3.31. The average molecular weight is 254 g/mol. The Kier molecular flexibility index (Phi) is 3.14. The topological polar surface area (TPSA) is 33.2 Å². The van der Waals surface area contributed by atoms with Crippen molar-refractivity contribution in [2.45, 2.75) is 0 Å². The van der Waals surface area contributed by atoms with E-state index in [0.717, 1.165) is 12.1 Å². The molecule has 1 aromatic heterocycles. The summed E-state index contributed by atoms with van der Waals surface area (Å²) in [5.41, 5.74) is 0.0848. The largest absolute Gasteiger partial charge is 0.287 e. The number of carbonyl (C=O) groups excluding carboxylic acids is 1. The highest BCUT2D eigenvalue weighted by molar-refractivity contribution is 7.13. The Morgan fingerprint density at radius 1 is 1.35 bits per heavy atom. The molecule has 1 aromatic carbocycles. The lowest BCUT2D eigenvalue weighted by Gasteiger charge is -2.13. The Hall–Kier alpha value is -1.82. The number of hydrogen-bond acceptors (Lipinski definition) is 3. The van der Waals surface area contributed by atoms with Gasteiger partial charge in [0.2, 0.25) is 0 Å². The van der Waals surface area contributed by atoms with Crippen LogP contribution in [0, 0.1) is 11.6 Å². The maximum atomic E-state index is 13.0. The van der Waals surface area contributed by atoms with Crippen LogP contribution in [0.5, 0.6) is 0 Å². The van der Waals surface area contributed by atoms with E-state index in [2.05, 4.69) is 4.98 Å². The van der Waals surface area contributed by atoms with Crippen molar-refractivity contribution in [1.82, 2.24) is 4.98 Å². The summed E-state index contributed by atoms with van der Waals surface area (Å²) in [6, 6.07) is 3.05. The second-order valence-corrected chi connectivity index (χ2v) is 4.18. The van der Waals surface area contributed by atoms with E-state index in [9.17, 15) is 13.6 Å². The van der Waals surface area contributed by atoms with Crippen LogP contribution >= 0.6 is 11.3 Å². The number of amides is 1. The predicted octanol–water partition coefficient (Wildman–Crippen LogP) is 2.70. The second kappa shape index (κ2) is 4.58. The smallest absolute Gasteiger partial charge is 0.259 e. The Morgan fingerprint density at radius 3 is 2.71 bits per heavy atom. The number of hydrogen-bond donors (Lipinski definition) is 0. The quantitative estimate of drug-likeness (QED) is 0.825. The zero-order chi connectivity index (χ0) is 12.4. The van der Waals surface area contributed by atoms with Crippen LogP contribution in [0.2, 0.25) is 0 Å². The fourth-order valence-corrected chi connectivity index (χ4v) is 1.90. The Balaban J connectivity index is 2.28. The average Bonchev–Trinajstić information content (AvgIpc) is 2.84. The van der Waals surface area contributed by atoms with E-state index in [1.807, 2.05) is 0 Å². The summed E-state index contributed by atoms with van der Waals surface area (Å²) in [4.78, 5) is 17.2. The van der Waals surface area contributed by atoms with Crippen molar-refractivity contribution in [2.75, 3.05) is 11.9 Å².